The fourth-order valence-electron chi connectivity index (χ4n) is 1.74. The maximum Gasteiger partial charge on any atom is 0.326 e. The molecule has 0 heterocycles. The second-order valence-corrected chi connectivity index (χ2v) is 5.75. The third-order valence-corrected chi connectivity index (χ3v) is 3.98. The zero-order chi connectivity index (χ0) is 14.7. The molecule has 0 saturated carbocycles. The van der Waals surface area contributed by atoms with Crippen LogP contribution in [-0.2, 0) is 9.53 Å². The summed E-state index contributed by atoms with van der Waals surface area (Å²) >= 11 is 1.58. The van der Waals surface area contributed by atoms with Gasteiger partial charge in [0.05, 0.1) is 19.3 Å². The van der Waals surface area contributed by atoms with Crippen molar-refractivity contribution in [3.8, 4) is 0 Å². The molecular formula is C13H27NO4S. The molecule has 0 rings (SSSR count). The number of likely N-dealkylation sites (N-methyl/N-ethyl adjacent to an activating group) is 1. The predicted octanol–water partition coefficient (Wildman–Crippen LogP) is 0.784. The Morgan fingerprint density at radius 3 is 2.68 bits per heavy atom. The van der Waals surface area contributed by atoms with Gasteiger partial charge in [-0.1, -0.05) is 6.92 Å². The fourth-order valence-corrected chi connectivity index (χ4v) is 2.64. The van der Waals surface area contributed by atoms with E-state index in [0.29, 0.717) is 25.3 Å². The number of hydrogen-bond acceptors (Lipinski definition) is 6. The van der Waals surface area contributed by atoms with E-state index in [9.17, 15) is 9.90 Å². The molecule has 19 heavy (non-hydrogen) atoms. The van der Waals surface area contributed by atoms with Gasteiger partial charge in [0.2, 0.25) is 0 Å². The van der Waals surface area contributed by atoms with Gasteiger partial charge in [0, 0.05) is 5.75 Å². The van der Waals surface area contributed by atoms with Crippen molar-refractivity contribution in [1.82, 2.24) is 5.32 Å². The van der Waals surface area contributed by atoms with Gasteiger partial charge in [-0.15, -0.1) is 0 Å². The molecule has 0 aromatic carbocycles. The van der Waals surface area contributed by atoms with Crippen LogP contribution in [0.4, 0.5) is 0 Å². The van der Waals surface area contributed by atoms with Crippen LogP contribution in [0.15, 0.2) is 0 Å². The van der Waals surface area contributed by atoms with Crippen LogP contribution in [-0.4, -0.2) is 59.1 Å². The minimum Gasteiger partial charge on any atom is -0.465 e. The summed E-state index contributed by atoms with van der Waals surface area (Å²) in [6.45, 7) is 6.52. The molecule has 0 aromatic heterocycles. The number of ether oxygens (including phenoxy) is 1. The Balaban J connectivity index is 4.03. The molecule has 2 unspecified atom stereocenters. The van der Waals surface area contributed by atoms with E-state index in [1.54, 1.807) is 18.7 Å². The fraction of sp³-hybridized carbons (Fsp3) is 0.923. The van der Waals surface area contributed by atoms with E-state index in [-0.39, 0.29) is 12.6 Å². The number of carbonyl (C=O) groups excluding carboxylic acids is 1. The maximum absolute atomic E-state index is 11.9. The molecule has 3 N–H and O–H groups in total. The number of rotatable bonds is 11. The van der Waals surface area contributed by atoms with E-state index in [4.69, 9.17) is 9.84 Å². The van der Waals surface area contributed by atoms with Crippen molar-refractivity contribution < 1.29 is 19.7 Å². The molecule has 0 spiro atoms. The van der Waals surface area contributed by atoms with Crippen molar-refractivity contribution >= 4 is 17.7 Å². The number of nitrogens with one attached hydrogen (secondary N) is 1. The number of esters is 1. The van der Waals surface area contributed by atoms with Crippen molar-refractivity contribution in [2.75, 3.05) is 31.3 Å². The molecule has 0 aliphatic carbocycles. The van der Waals surface area contributed by atoms with Crippen LogP contribution in [0.1, 0.15) is 33.6 Å². The van der Waals surface area contributed by atoms with E-state index < -0.39 is 11.6 Å². The summed E-state index contributed by atoms with van der Waals surface area (Å²) in [5, 5.41) is 21.1. The van der Waals surface area contributed by atoms with E-state index in [1.807, 2.05) is 13.8 Å². The minimum atomic E-state index is -0.657. The SMILES string of the molecule is CCNC(C)(CCCSCC(O)CO)C(=O)OCC. The van der Waals surface area contributed by atoms with Crippen LogP contribution in [0.5, 0.6) is 0 Å². The first-order valence-electron chi connectivity index (χ1n) is 6.79. The second kappa shape index (κ2) is 10.5. The summed E-state index contributed by atoms with van der Waals surface area (Å²) < 4.78 is 5.09. The molecule has 114 valence electrons. The molecule has 0 aromatic rings. The monoisotopic (exact) mass is 293 g/mol. The summed E-state index contributed by atoms with van der Waals surface area (Å²) in [6, 6.07) is 0. The highest BCUT2D eigenvalue weighted by molar-refractivity contribution is 7.99. The van der Waals surface area contributed by atoms with E-state index in [2.05, 4.69) is 5.32 Å². The number of aliphatic hydroxyl groups is 2. The van der Waals surface area contributed by atoms with Gasteiger partial charge in [0.15, 0.2) is 0 Å². The Kier molecular flexibility index (Phi) is 10.3. The predicted molar refractivity (Wildman–Crippen MR) is 78.4 cm³/mol. The third kappa shape index (κ3) is 7.77. The van der Waals surface area contributed by atoms with Crippen LogP contribution in [0.25, 0.3) is 0 Å². The Morgan fingerprint density at radius 1 is 1.47 bits per heavy atom. The Bertz CT molecular complexity index is 253. The quantitative estimate of drug-likeness (QED) is 0.386. The average molecular weight is 293 g/mol. The molecule has 0 fully saturated rings. The maximum atomic E-state index is 11.9. The molecule has 6 heteroatoms. The molecule has 0 bridgehead atoms. The van der Waals surface area contributed by atoms with Crippen molar-refractivity contribution in [3.05, 3.63) is 0 Å². The summed E-state index contributed by atoms with van der Waals surface area (Å²) in [5.41, 5.74) is -0.638. The van der Waals surface area contributed by atoms with Gasteiger partial charge in [-0.2, -0.15) is 11.8 Å². The van der Waals surface area contributed by atoms with E-state index >= 15 is 0 Å². The van der Waals surface area contributed by atoms with Gasteiger partial charge in [-0.25, -0.2) is 0 Å². The second-order valence-electron chi connectivity index (χ2n) is 4.60. The lowest BCUT2D eigenvalue weighted by Gasteiger charge is -2.28. The highest BCUT2D eigenvalue weighted by Crippen LogP contribution is 2.17. The van der Waals surface area contributed by atoms with Gasteiger partial charge in [0.25, 0.3) is 0 Å². The Morgan fingerprint density at radius 2 is 2.16 bits per heavy atom. The summed E-state index contributed by atoms with van der Waals surface area (Å²) in [4.78, 5) is 11.9. The molecule has 0 amide bonds. The van der Waals surface area contributed by atoms with Crippen LogP contribution in [0, 0.1) is 0 Å². The topological polar surface area (TPSA) is 78.8 Å². The van der Waals surface area contributed by atoms with E-state index in [0.717, 1.165) is 12.2 Å². The van der Waals surface area contributed by atoms with Crippen LogP contribution in [0.3, 0.4) is 0 Å². The molecule has 0 aliphatic heterocycles. The molecule has 2 atom stereocenters. The first-order chi connectivity index (χ1) is 9.00. The normalized spacial score (nSPS) is 15.8. The number of thioether (sulfide) groups is 1. The van der Waals surface area contributed by atoms with Gasteiger partial charge < -0.3 is 20.3 Å². The summed E-state index contributed by atoms with van der Waals surface area (Å²) in [5.74, 6) is 1.16. The average Bonchev–Trinajstić information content (AvgIpc) is 2.38. The minimum absolute atomic E-state index is 0.203. The Labute approximate surface area is 120 Å². The van der Waals surface area contributed by atoms with Crippen LogP contribution < -0.4 is 5.32 Å². The highest BCUT2D eigenvalue weighted by Gasteiger charge is 2.32. The Hall–Kier alpha value is -0.300. The van der Waals surface area contributed by atoms with Crippen molar-refractivity contribution in [3.63, 3.8) is 0 Å². The number of aliphatic hydroxyl groups excluding tert-OH is 2. The first-order valence-corrected chi connectivity index (χ1v) is 7.94. The lowest BCUT2D eigenvalue weighted by atomic mass is 9.96. The van der Waals surface area contributed by atoms with Crippen molar-refractivity contribution in [2.24, 2.45) is 0 Å². The number of hydrogen-bond donors (Lipinski definition) is 3. The van der Waals surface area contributed by atoms with E-state index in [1.165, 1.54) is 0 Å². The zero-order valence-corrected chi connectivity index (χ0v) is 13.0. The summed E-state index contributed by atoms with van der Waals surface area (Å²) in [6.07, 6.45) is 0.891. The molecule has 0 radical (unpaired) electrons. The molecule has 0 saturated heterocycles. The molecular weight excluding hydrogens is 266 g/mol. The smallest absolute Gasteiger partial charge is 0.326 e. The standard InChI is InChI=1S/C13H27NO4S/c1-4-14-13(3,12(17)18-5-2)7-6-8-19-10-11(16)9-15/h11,14-16H,4-10H2,1-3H3. The summed E-state index contributed by atoms with van der Waals surface area (Å²) in [7, 11) is 0. The zero-order valence-electron chi connectivity index (χ0n) is 12.1. The van der Waals surface area contributed by atoms with Crippen LogP contribution in [0.2, 0.25) is 0 Å². The van der Waals surface area contributed by atoms with Gasteiger partial charge in [-0.05, 0) is 39.0 Å². The molecule has 0 aliphatic rings. The van der Waals surface area contributed by atoms with Gasteiger partial charge in [-0.3, -0.25) is 4.79 Å². The first kappa shape index (κ1) is 18.7. The third-order valence-electron chi connectivity index (χ3n) is 2.78. The highest BCUT2D eigenvalue weighted by atomic mass is 32.2. The molecule has 5 nitrogen and oxygen atoms in total. The van der Waals surface area contributed by atoms with Crippen molar-refractivity contribution in [2.45, 2.75) is 45.3 Å². The van der Waals surface area contributed by atoms with Crippen LogP contribution >= 0.6 is 11.8 Å². The number of carbonyl (C=O) groups is 1. The lowest BCUT2D eigenvalue weighted by molar-refractivity contribution is -0.150. The largest absolute Gasteiger partial charge is 0.465 e. The van der Waals surface area contributed by atoms with Gasteiger partial charge in [0.1, 0.15) is 5.54 Å². The van der Waals surface area contributed by atoms with Crippen molar-refractivity contribution in [1.29, 1.82) is 0 Å². The lowest BCUT2D eigenvalue weighted by Crippen LogP contribution is -2.50. The van der Waals surface area contributed by atoms with Gasteiger partial charge >= 0.3 is 5.97 Å².